The lowest BCUT2D eigenvalue weighted by atomic mass is 10.1. The van der Waals surface area contributed by atoms with Crippen molar-refractivity contribution in [1.29, 1.82) is 5.26 Å². The number of sulfonamides is 1. The van der Waals surface area contributed by atoms with Gasteiger partial charge in [0.1, 0.15) is 6.04 Å². The highest BCUT2D eigenvalue weighted by Gasteiger charge is 2.21. The molecule has 0 aliphatic rings. The zero-order valence-corrected chi connectivity index (χ0v) is 12.8. The smallest absolute Gasteiger partial charge is 0.207 e. The van der Waals surface area contributed by atoms with Crippen LogP contribution in [0.15, 0.2) is 53.4 Å². The zero-order chi connectivity index (χ0) is 15.5. The number of nitrogens with one attached hydrogen (secondary N) is 1. The van der Waals surface area contributed by atoms with Gasteiger partial charge in [0.15, 0.2) is 0 Å². The second-order valence-corrected chi connectivity index (χ2v) is 6.70. The first-order valence-electron chi connectivity index (χ1n) is 6.16. The van der Waals surface area contributed by atoms with Crippen LogP contribution in [0.25, 0.3) is 0 Å². The number of nitrogens with zero attached hydrogens (tertiary/aromatic N) is 1. The Morgan fingerprint density at radius 3 is 2.43 bits per heavy atom. The first-order chi connectivity index (χ1) is 9.92. The van der Waals surface area contributed by atoms with Crippen molar-refractivity contribution < 1.29 is 8.42 Å². The van der Waals surface area contributed by atoms with E-state index < -0.39 is 16.1 Å². The van der Waals surface area contributed by atoms with Gasteiger partial charge in [0.05, 0.1) is 11.0 Å². The van der Waals surface area contributed by atoms with Crippen molar-refractivity contribution in [3.63, 3.8) is 0 Å². The number of rotatable bonds is 4. The molecular formula is C15H13ClN2O2S. The van der Waals surface area contributed by atoms with Crippen LogP contribution >= 0.6 is 11.6 Å². The van der Waals surface area contributed by atoms with E-state index in [-0.39, 0.29) is 4.90 Å². The maximum absolute atomic E-state index is 12.3. The molecule has 0 aromatic heterocycles. The van der Waals surface area contributed by atoms with E-state index in [1.807, 2.05) is 25.1 Å². The lowest BCUT2D eigenvalue weighted by molar-refractivity contribution is 0.575. The minimum absolute atomic E-state index is 0.0300. The van der Waals surface area contributed by atoms with E-state index >= 15 is 0 Å². The summed E-state index contributed by atoms with van der Waals surface area (Å²) in [6.45, 7) is 1.92. The Balaban J connectivity index is 2.30. The summed E-state index contributed by atoms with van der Waals surface area (Å²) in [4.78, 5) is 0.0300. The molecule has 0 heterocycles. The summed E-state index contributed by atoms with van der Waals surface area (Å²) in [5.74, 6) is 0. The van der Waals surface area contributed by atoms with Crippen molar-refractivity contribution in [2.24, 2.45) is 0 Å². The van der Waals surface area contributed by atoms with Gasteiger partial charge in [-0.25, -0.2) is 8.42 Å². The first kappa shape index (κ1) is 15.5. The molecule has 2 rings (SSSR count). The van der Waals surface area contributed by atoms with Gasteiger partial charge in [0.2, 0.25) is 10.0 Å². The van der Waals surface area contributed by atoms with E-state index in [2.05, 4.69) is 4.72 Å². The molecular weight excluding hydrogens is 308 g/mol. The molecule has 1 atom stereocenters. The maximum atomic E-state index is 12.3. The molecule has 2 aromatic carbocycles. The molecule has 0 spiro atoms. The number of hydrogen-bond acceptors (Lipinski definition) is 3. The molecule has 0 fully saturated rings. The zero-order valence-electron chi connectivity index (χ0n) is 11.2. The third-order valence-electron chi connectivity index (χ3n) is 2.92. The summed E-state index contributed by atoms with van der Waals surface area (Å²) in [6.07, 6.45) is 0. The van der Waals surface area contributed by atoms with Crippen LogP contribution in [-0.4, -0.2) is 8.42 Å². The van der Waals surface area contributed by atoms with Gasteiger partial charge in [0, 0.05) is 5.02 Å². The van der Waals surface area contributed by atoms with E-state index in [9.17, 15) is 13.7 Å². The van der Waals surface area contributed by atoms with Gasteiger partial charge in [-0.15, -0.1) is 0 Å². The second kappa shape index (κ2) is 6.27. The van der Waals surface area contributed by atoms with Crippen molar-refractivity contribution in [2.45, 2.75) is 17.9 Å². The van der Waals surface area contributed by atoms with E-state index in [0.717, 1.165) is 5.56 Å². The van der Waals surface area contributed by atoms with Gasteiger partial charge in [-0.3, -0.25) is 0 Å². The lowest BCUT2D eigenvalue weighted by Gasteiger charge is -2.13. The fourth-order valence-corrected chi connectivity index (χ4v) is 3.22. The van der Waals surface area contributed by atoms with E-state index in [4.69, 9.17) is 11.6 Å². The average Bonchev–Trinajstić information content (AvgIpc) is 2.46. The van der Waals surface area contributed by atoms with E-state index in [1.54, 1.807) is 24.3 Å². The summed E-state index contributed by atoms with van der Waals surface area (Å²) in [7, 11) is -3.81. The van der Waals surface area contributed by atoms with E-state index in [1.165, 1.54) is 12.1 Å². The third kappa shape index (κ3) is 3.82. The molecule has 0 amide bonds. The highest BCUT2D eigenvalue weighted by Crippen LogP contribution is 2.19. The quantitative estimate of drug-likeness (QED) is 0.940. The molecule has 1 unspecified atom stereocenters. The fourth-order valence-electron chi connectivity index (χ4n) is 1.79. The molecule has 1 N–H and O–H groups in total. The predicted octanol–water partition coefficient (Wildman–Crippen LogP) is 3.19. The molecule has 2 aromatic rings. The minimum atomic E-state index is -3.81. The molecule has 0 aliphatic heterocycles. The van der Waals surface area contributed by atoms with Gasteiger partial charge >= 0.3 is 0 Å². The van der Waals surface area contributed by atoms with Crippen molar-refractivity contribution in [3.05, 3.63) is 64.7 Å². The van der Waals surface area contributed by atoms with Crippen molar-refractivity contribution in [3.8, 4) is 6.07 Å². The Hall–Kier alpha value is -1.87. The first-order valence-corrected chi connectivity index (χ1v) is 8.02. The fraction of sp³-hybridized carbons (Fsp3) is 0.133. The van der Waals surface area contributed by atoms with Crippen molar-refractivity contribution in [2.75, 3.05) is 0 Å². The molecule has 0 aliphatic carbocycles. The van der Waals surface area contributed by atoms with Crippen molar-refractivity contribution >= 4 is 21.6 Å². The van der Waals surface area contributed by atoms with Crippen LogP contribution < -0.4 is 4.72 Å². The van der Waals surface area contributed by atoms with Gasteiger partial charge in [0.25, 0.3) is 0 Å². The average molecular weight is 321 g/mol. The maximum Gasteiger partial charge on any atom is 0.242 e. The standard InChI is InChI=1S/C15H13ClN2O2S/c1-11-5-7-12(8-6-11)15(10-17)18-21(19,20)14-4-2-3-13(16)9-14/h2-9,15,18H,1H3. The van der Waals surface area contributed by atoms with Gasteiger partial charge in [-0.05, 0) is 30.7 Å². The lowest BCUT2D eigenvalue weighted by Crippen LogP contribution is -2.27. The van der Waals surface area contributed by atoms with Crippen LogP contribution in [0.1, 0.15) is 17.2 Å². The largest absolute Gasteiger partial charge is 0.242 e. The predicted molar refractivity (Wildman–Crippen MR) is 81.3 cm³/mol. The summed E-state index contributed by atoms with van der Waals surface area (Å²) in [6, 6.07) is 14.0. The van der Waals surface area contributed by atoms with Crippen LogP contribution in [0.3, 0.4) is 0 Å². The molecule has 6 heteroatoms. The van der Waals surface area contributed by atoms with Crippen LogP contribution in [-0.2, 0) is 10.0 Å². The summed E-state index contributed by atoms with van der Waals surface area (Å²) in [5, 5.41) is 9.53. The monoisotopic (exact) mass is 320 g/mol. The van der Waals surface area contributed by atoms with Crippen LogP contribution in [0, 0.1) is 18.3 Å². The summed E-state index contributed by atoms with van der Waals surface area (Å²) in [5.41, 5.74) is 1.63. The molecule has 0 saturated heterocycles. The van der Waals surface area contributed by atoms with Gasteiger partial charge in [-0.2, -0.15) is 9.98 Å². The van der Waals surface area contributed by atoms with Gasteiger partial charge in [-0.1, -0.05) is 47.5 Å². The number of benzene rings is 2. The SMILES string of the molecule is Cc1ccc(C(C#N)NS(=O)(=O)c2cccc(Cl)c2)cc1. The minimum Gasteiger partial charge on any atom is -0.207 e. The topological polar surface area (TPSA) is 70.0 Å². The normalized spacial score (nSPS) is 12.6. The van der Waals surface area contributed by atoms with Crippen molar-refractivity contribution in [1.82, 2.24) is 4.72 Å². The van der Waals surface area contributed by atoms with Crippen LogP contribution in [0.4, 0.5) is 0 Å². The highest BCUT2D eigenvalue weighted by molar-refractivity contribution is 7.89. The summed E-state index contributed by atoms with van der Waals surface area (Å²) >= 11 is 5.80. The van der Waals surface area contributed by atoms with Gasteiger partial charge < -0.3 is 0 Å². The Labute approximate surface area is 129 Å². The Bertz CT molecular complexity index is 780. The molecule has 4 nitrogen and oxygen atoms in total. The molecule has 0 saturated carbocycles. The van der Waals surface area contributed by atoms with Crippen LogP contribution in [0.2, 0.25) is 5.02 Å². The Kier molecular flexibility index (Phi) is 4.63. The molecule has 0 radical (unpaired) electrons. The second-order valence-electron chi connectivity index (χ2n) is 4.55. The number of halogens is 1. The third-order valence-corrected chi connectivity index (χ3v) is 4.57. The Morgan fingerprint density at radius 2 is 1.86 bits per heavy atom. The molecule has 21 heavy (non-hydrogen) atoms. The molecule has 108 valence electrons. The highest BCUT2D eigenvalue weighted by atomic mass is 35.5. The number of hydrogen-bond donors (Lipinski definition) is 1. The van der Waals surface area contributed by atoms with Crippen LogP contribution in [0.5, 0.6) is 0 Å². The number of nitriles is 1. The summed E-state index contributed by atoms with van der Waals surface area (Å²) < 4.78 is 26.9. The number of aryl methyl sites for hydroxylation is 1. The Morgan fingerprint density at radius 1 is 1.19 bits per heavy atom. The molecule has 0 bridgehead atoms. The van der Waals surface area contributed by atoms with E-state index in [0.29, 0.717) is 10.6 Å².